The number of unbranched alkanes of at least 4 members (excludes halogenated alkanes) is 1. The first-order valence-electron chi connectivity index (χ1n) is 6.19. The zero-order chi connectivity index (χ0) is 11.7. The second-order valence-electron chi connectivity index (χ2n) is 3.75. The van der Waals surface area contributed by atoms with Gasteiger partial charge in [-0.3, -0.25) is 4.79 Å². The molecule has 0 spiro atoms. The summed E-state index contributed by atoms with van der Waals surface area (Å²) in [5, 5.41) is 0. The van der Waals surface area contributed by atoms with E-state index in [1.807, 2.05) is 18.7 Å². The Morgan fingerprint density at radius 2 is 1.67 bits per heavy atom. The van der Waals surface area contributed by atoms with Crippen molar-refractivity contribution in [1.82, 2.24) is 4.90 Å². The Morgan fingerprint density at radius 1 is 1.07 bits per heavy atom. The van der Waals surface area contributed by atoms with Gasteiger partial charge in [-0.1, -0.05) is 32.8 Å². The highest BCUT2D eigenvalue weighted by Crippen LogP contribution is 2.11. The van der Waals surface area contributed by atoms with Crippen molar-refractivity contribution in [1.29, 1.82) is 0 Å². The standard InChI is InChI=1S/C13H25NO/c1-5-9-11-12(10-6-2)13(15)14(7-3)8-4/h11H,5-10H2,1-4H3/b12-11+. The molecular formula is C13H25NO. The van der Waals surface area contributed by atoms with Crippen molar-refractivity contribution < 1.29 is 4.79 Å². The van der Waals surface area contributed by atoms with E-state index in [-0.39, 0.29) is 5.91 Å². The molecule has 1 amide bonds. The van der Waals surface area contributed by atoms with Gasteiger partial charge in [0.2, 0.25) is 5.91 Å². The van der Waals surface area contributed by atoms with Crippen molar-refractivity contribution in [2.24, 2.45) is 0 Å². The minimum atomic E-state index is 0.232. The molecule has 0 fully saturated rings. The third-order valence-corrected chi connectivity index (χ3v) is 2.52. The van der Waals surface area contributed by atoms with Gasteiger partial charge < -0.3 is 4.90 Å². The fraction of sp³-hybridized carbons (Fsp3) is 0.769. The smallest absolute Gasteiger partial charge is 0.249 e. The third-order valence-electron chi connectivity index (χ3n) is 2.52. The molecule has 15 heavy (non-hydrogen) atoms. The van der Waals surface area contributed by atoms with E-state index in [0.29, 0.717) is 0 Å². The van der Waals surface area contributed by atoms with E-state index in [1.54, 1.807) is 0 Å². The molecule has 0 aromatic rings. The monoisotopic (exact) mass is 211 g/mol. The Morgan fingerprint density at radius 3 is 2.07 bits per heavy atom. The largest absolute Gasteiger partial charge is 0.339 e. The maximum Gasteiger partial charge on any atom is 0.249 e. The van der Waals surface area contributed by atoms with Crippen LogP contribution in [-0.4, -0.2) is 23.9 Å². The van der Waals surface area contributed by atoms with Gasteiger partial charge in [0.1, 0.15) is 0 Å². The summed E-state index contributed by atoms with van der Waals surface area (Å²) in [7, 11) is 0. The van der Waals surface area contributed by atoms with Crippen LogP contribution in [0.1, 0.15) is 53.4 Å². The maximum atomic E-state index is 12.1. The topological polar surface area (TPSA) is 20.3 Å². The van der Waals surface area contributed by atoms with Crippen LogP contribution in [-0.2, 0) is 4.79 Å². The Balaban J connectivity index is 4.52. The molecule has 0 unspecified atom stereocenters. The Hall–Kier alpha value is -0.790. The molecule has 0 atom stereocenters. The number of hydrogen-bond acceptors (Lipinski definition) is 1. The van der Waals surface area contributed by atoms with Crippen molar-refractivity contribution in [3.8, 4) is 0 Å². The van der Waals surface area contributed by atoms with Crippen molar-refractivity contribution in [3.63, 3.8) is 0 Å². The molecule has 0 aliphatic rings. The van der Waals surface area contributed by atoms with Crippen molar-refractivity contribution in [3.05, 3.63) is 11.6 Å². The summed E-state index contributed by atoms with van der Waals surface area (Å²) in [5.74, 6) is 0.232. The average Bonchev–Trinajstić information content (AvgIpc) is 2.25. The van der Waals surface area contributed by atoms with E-state index in [0.717, 1.165) is 44.3 Å². The Kier molecular flexibility index (Phi) is 8.06. The SMILES string of the molecule is CCC/C=C(\CCC)C(=O)N(CC)CC. The molecule has 2 nitrogen and oxygen atoms in total. The van der Waals surface area contributed by atoms with E-state index < -0.39 is 0 Å². The second-order valence-corrected chi connectivity index (χ2v) is 3.75. The molecule has 2 heteroatoms. The van der Waals surface area contributed by atoms with Gasteiger partial charge in [-0.2, -0.15) is 0 Å². The summed E-state index contributed by atoms with van der Waals surface area (Å²) >= 11 is 0. The summed E-state index contributed by atoms with van der Waals surface area (Å²) in [5.41, 5.74) is 1.00. The maximum absolute atomic E-state index is 12.1. The van der Waals surface area contributed by atoms with E-state index in [4.69, 9.17) is 0 Å². The Labute approximate surface area is 94.4 Å². The lowest BCUT2D eigenvalue weighted by molar-refractivity contribution is -0.126. The molecule has 0 radical (unpaired) electrons. The first-order chi connectivity index (χ1) is 7.21. The highest BCUT2D eigenvalue weighted by Gasteiger charge is 2.13. The summed E-state index contributed by atoms with van der Waals surface area (Å²) in [6, 6.07) is 0. The number of likely N-dealkylation sites (N-methyl/N-ethyl adjacent to an activating group) is 1. The molecule has 0 aromatic heterocycles. The zero-order valence-electron chi connectivity index (χ0n) is 10.7. The number of nitrogens with zero attached hydrogens (tertiary/aromatic N) is 1. The average molecular weight is 211 g/mol. The van der Waals surface area contributed by atoms with E-state index in [9.17, 15) is 4.79 Å². The van der Waals surface area contributed by atoms with Crippen LogP contribution in [0.3, 0.4) is 0 Å². The van der Waals surface area contributed by atoms with Crippen LogP contribution in [0.2, 0.25) is 0 Å². The third kappa shape index (κ3) is 5.01. The minimum absolute atomic E-state index is 0.232. The van der Waals surface area contributed by atoms with Crippen LogP contribution in [0.15, 0.2) is 11.6 Å². The summed E-state index contributed by atoms with van der Waals surface area (Å²) in [4.78, 5) is 14.0. The lowest BCUT2D eigenvalue weighted by Crippen LogP contribution is -2.31. The zero-order valence-corrected chi connectivity index (χ0v) is 10.7. The molecule has 0 aromatic carbocycles. The van der Waals surface area contributed by atoms with E-state index in [2.05, 4.69) is 19.9 Å². The molecule has 0 heterocycles. The van der Waals surface area contributed by atoms with Gasteiger partial charge in [0.25, 0.3) is 0 Å². The summed E-state index contributed by atoms with van der Waals surface area (Å²) in [6.45, 7) is 9.94. The van der Waals surface area contributed by atoms with Crippen LogP contribution < -0.4 is 0 Å². The van der Waals surface area contributed by atoms with Gasteiger partial charge >= 0.3 is 0 Å². The first kappa shape index (κ1) is 14.2. The number of carbonyl (C=O) groups is 1. The minimum Gasteiger partial charge on any atom is -0.339 e. The molecule has 88 valence electrons. The summed E-state index contributed by atoms with van der Waals surface area (Å²) in [6.07, 6.45) is 6.20. The van der Waals surface area contributed by atoms with Crippen LogP contribution in [0.25, 0.3) is 0 Å². The van der Waals surface area contributed by atoms with Crippen LogP contribution in [0.4, 0.5) is 0 Å². The number of rotatable bonds is 7. The molecule has 0 bridgehead atoms. The van der Waals surface area contributed by atoms with Crippen LogP contribution in [0.5, 0.6) is 0 Å². The number of allylic oxidation sites excluding steroid dienone is 1. The molecule has 0 aliphatic heterocycles. The fourth-order valence-corrected chi connectivity index (χ4v) is 1.60. The molecule has 0 rings (SSSR count). The van der Waals surface area contributed by atoms with Gasteiger partial charge in [0, 0.05) is 18.7 Å². The fourth-order valence-electron chi connectivity index (χ4n) is 1.60. The second kappa shape index (κ2) is 8.51. The molecule has 0 saturated heterocycles. The number of carbonyl (C=O) groups excluding carboxylic acids is 1. The molecule has 0 saturated carbocycles. The summed E-state index contributed by atoms with van der Waals surface area (Å²) < 4.78 is 0. The lowest BCUT2D eigenvalue weighted by atomic mass is 10.1. The molecule has 0 N–H and O–H groups in total. The van der Waals surface area contributed by atoms with Gasteiger partial charge in [0.05, 0.1) is 0 Å². The highest BCUT2D eigenvalue weighted by atomic mass is 16.2. The van der Waals surface area contributed by atoms with Crippen LogP contribution in [0, 0.1) is 0 Å². The lowest BCUT2D eigenvalue weighted by Gasteiger charge is -2.20. The van der Waals surface area contributed by atoms with E-state index in [1.165, 1.54) is 0 Å². The predicted molar refractivity (Wildman–Crippen MR) is 65.8 cm³/mol. The van der Waals surface area contributed by atoms with Gasteiger partial charge in [-0.25, -0.2) is 0 Å². The van der Waals surface area contributed by atoms with E-state index >= 15 is 0 Å². The normalized spacial score (nSPS) is 11.6. The predicted octanol–water partition coefficient (Wildman–Crippen LogP) is 3.38. The molecule has 0 aliphatic carbocycles. The number of hydrogen-bond donors (Lipinski definition) is 0. The first-order valence-corrected chi connectivity index (χ1v) is 6.19. The van der Waals surface area contributed by atoms with Crippen molar-refractivity contribution >= 4 is 5.91 Å². The van der Waals surface area contributed by atoms with Gasteiger partial charge in [-0.05, 0) is 26.7 Å². The van der Waals surface area contributed by atoms with Gasteiger partial charge in [-0.15, -0.1) is 0 Å². The van der Waals surface area contributed by atoms with Gasteiger partial charge in [0.15, 0.2) is 0 Å². The van der Waals surface area contributed by atoms with Crippen LogP contribution >= 0.6 is 0 Å². The quantitative estimate of drug-likeness (QED) is 0.591. The Bertz CT molecular complexity index is 205. The number of amides is 1. The highest BCUT2D eigenvalue weighted by molar-refractivity contribution is 5.93. The van der Waals surface area contributed by atoms with Crippen molar-refractivity contribution in [2.45, 2.75) is 53.4 Å². The molecular weight excluding hydrogens is 186 g/mol. The van der Waals surface area contributed by atoms with Crippen molar-refractivity contribution in [2.75, 3.05) is 13.1 Å².